The lowest BCUT2D eigenvalue weighted by molar-refractivity contribution is 0.0845. The van der Waals surface area contributed by atoms with E-state index in [1.165, 1.54) is 60.9 Å². The molecule has 0 saturated heterocycles. The van der Waals surface area contributed by atoms with Crippen molar-refractivity contribution in [2.24, 2.45) is 0 Å². The molecule has 0 aromatic heterocycles. The zero-order chi connectivity index (χ0) is 29.2. The van der Waals surface area contributed by atoms with Gasteiger partial charge in [0.2, 0.25) is 0 Å². The lowest BCUT2D eigenvalue weighted by Crippen LogP contribution is -2.64. The number of benzene rings is 6. The number of rotatable bonds is 6. The molecule has 1 aliphatic heterocycles. The Balaban J connectivity index is 1.38. The summed E-state index contributed by atoms with van der Waals surface area (Å²) in [4.78, 5) is 0. The van der Waals surface area contributed by atoms with Crippen molar-refractivity contribution in [3.63, 3.8) is 0 Å². The van der Waals surface area contributed by atoms with Gasteiger partial charge in [-0.3, -0.25) is 0 Å². The monoisotopic (exact) mass is 554 g/mol. The Labute approximate surface area is 255 Å². The summed E-state index contributed by atoms with van der Waals surface area (Å²) < 4.78 is 3.65. The van der Waals surface area contributed by atoms with Crippen LogP contribution in [0.5, 0.6) is 0 Å². The van der Waals surface area contributed by atoms with Crippen LogP contribution in [0.15, 0.2) is 169 Å². The Kier molecular flexibility index (Phi) is 7.14. The minimum Gasteiger partial charge on any atom is -0.659 e. The van der Waals surface area contributed by atoms with E-state index in [9.17, 15) is 0 Å². The van der Waals surface area contributed by atoms with E-state index in [0.717, 1.165) is 6.61 Å². The van der Waals surface area contributed by atoms with Crippen LogP contribution >= 0.6 is 0 Å². The van der Waals surface area contributed by atoms with Gasteiger partial charge in [-0.1, -0.05) is 175 Å². The van der Waals surface area contributed by atoms with Crippen molar-refractivity contribution in [2.45, 2.75) is 6.92 Å². The second kappa shape index (κ2) is 11.4. The zero-order valence-corrected chi connectivity index (χ0v) is 24.8. The molecule has 2 heteroatoms. The standard InChI is InChI=1S/C41H35BO/c1-31-30-43(2)42(39-26-22-36(23-27-39)33-14-8-4-9-15-33,40-28-24-37(25-29-40)34-16-10-5-11-17-34)41(31)38-20-18-35(19-21-38)32-12-6-3-7-13-32/h3-29H,30H2,1-2H3. The highest BCUT2D eigenvalue weighted by Gasteiger charge is 2.50. The van der Waals surface area contributed by atoms with Crippen LogP contribution in [0.3, 0.4) is 0 Å². The first-order valence-electron chi connectivity index (χ1n) is 15.1. The summed E-state index contributed by atoms with van der Waals surface area (Å²) in [5.74, 6) is 0. The van der Waals surface area contributed by atoms with Crippen LogP contribution in [0.25, 0.3) is 38.9 Å². The molecule has 0 amide bonds. The molecule has 1 aliphatic rings. The van der Waals surface area contributed by atoms with Gasteiger partial charge in [0.15, 0.2) is 0 Å². The molecular weight excluding hydrogens is 519 g/mol. The van der Waals surface area contributed by atoms with E-state index in [1.807, 2.05) is 0 Å². The zero-order valence-electron chi connectivity index (χ0n) is 24.8. The summed E-state index contributed by atoms with van der Waals surface area (Å²) in [5.41, 5.74) is 14.1. The first kappa shape index (κ1) is 27.0. The summed E-state index contributed by atoms with van der Waals surface area (Å²) in [7, 11) is 2.21. The van der Waals surface area contributed by atoms with E-state index >= 15 is 0 Å². The SMILES string of the molecule is CC1=C(c2ccc(-c3ccccc3)cc2)[B-](c2ccc(-c3ccccc3)cc2)(c2ccc(-c3ccccc3)cc2)[O+](C)C1. The van der Waals surface area contributed by atoms with E-state index in [-0.39, 0.29) is 0 Å². The predicted octanol–water partition coefficient (Wildman–Crippen LogP) is 8.96. The van der Waals surface area contributed by atoms with Gasteiger partial charge in [-0.15, -0.1) is 10.9 Å². The van der Waals surface area contributed by atoms with E-state index < -0.39 is 6.35 Å². The van der Waals surface area contributed by atoms with Gasteiger partial charge < -0.3 is 4.28 Å². The van der Waals surface area contributed by atoms with Gasteiger partial charge in [0.05, 0.1) is 7.11 Å². The second-order valence-corrected chi connectivity index (χ2v) is 11.7. The molecule has 0 N–H and O–H groups in total. The van der Waals surface area contributed by atoms with Crippen LogP contribution in [0.4, 0.5) is 0 Å². The van der Waals surface area contributed by atoms with Crippen molar-refractivity contribution in [3.05, 3.63) is 175 Å². The maximum absolute atomic E-state index is 3.65. The van der Waals surface area contributed by atoms with Crippen LogP contribution in [-0.4, -0.2) is 20.1 Å². The summed E-state index contributed by atoms with van der Waals surface area (Å²) in [6.45, 7) is 3.14. The largest absolute Gasteiger partial charge is 0.659 e. The van der Waals surface area contributed by atoms with Crippen LogP contribution in [-0.2, 0) is 4.28 Å². The summed E-state index contributed by atoms with van der Waals surface area (Å²) in [6.07, 6.45) is -1.47. The molecule has 6 aromatic rings. The quantitative estimate of drug-likeness (QED) is 0.143. The molecule has 0 fully saturated rings. The Bertz CT molecular complexity index is 1770. The van der Waals surface area contributed by atoms with Gasteiger partial charge in [-0.25, -0.2) is 0 Å². The van der Waals surface area contributed by atoms with Crippen LogP contribution in [0.1, 0.15) is 12.5 Å². The maximum atomic E-state index is 3.65. The molecule has 7 rings (SSSR count). The molecular formula is C41H35BO. The Morgan fingerprint density at radius 3 is 1.07 bits per heavy atom. The minimum atomic E-state index is -1.47. The smallest absolute Gasteiger partial charge is 0.377 e. The van der Waals surface area contributed by atoms with Crippen molar-refractivity contribution in [2.75, 3.05) is 13.7 Å². The average molecular weight is 555 g/mol. The van der Waals surface area contributed by atoms with Gasteiger partial charge in [0.25, 0.3) is 0 Å². The van der Waals surface area contributed by atoms with Crippen molar-refractivity contribution in [1.82, 2.24) is 0 Å². The predicted molar refractivity (Wildman–Crippen MR) is 185 cm³/mol. The van der Waals surface area contributed by atoms with Gasteiger partial charge in [-0.05, 0) is 45.9 Å². The fourth-order valence-electron chi connectivity index (χ4n) is 7.19. The third-order valence-corrected chi connectivity index (χ3v) is 9.19. The number of hydrogen-bond acceptors (Lipinski definition) is 0. The molecule has 0 saturated carbocycles. The van der Waals surface area contributed by atoms with Crippen LogP contribution in [0.2, 0.25) is 0 Å². The fourth-order valence-corrected chi connectivity index (χ4v) is 7.19. The number of hydrogen-bond donors (Lipinski definition) is 0. The summed E-state index contributed by atoms with van der Waals surface area (Å²) in [5, 5.41) is 0. The normalized spacial score (nSPS) is 14.7. The summed E-state index contributed by atoms with van der Waals surface area (Å²) in [6, 6.07) is 59.6. The minimum absolute atomic E-state index is 0.844. The Hall–Kier alpha value is -4.92. The van der Waals surface area contributed by atoms with Gasteiger partial charge >= 0.3 is 6.35 Å². The third-order valence-electron chi connectivity index (χ3n) is 9.19. The van der Waals surface area contributed by atoms with Crippen molar-refractivity contribution in [3.8, 4) is 33.4 Å². The van der Waals surface area contributed by atoms with Crippen molar-refractivity contribution >= 4 is 22.7 Å². The molecule has 0 radical (unpaired) electrons. The highest BCUT2D eigenvalue weighted by molar-refractivity contribution is 7.12. The second-order valence-electron chi connectivity index (χ2n) is 11.7. The van der Waals surface area contributed by atoms with E-state index in [4.69, 9.17) is 0 Å². The molecule has 0 bridgehead atoms. The molecule has 0 spiro atoms. The topological polar surface area (TPSA) is 2.70 Å². The molecule has 1 nitrogen and oxygen atoms in total. The molecule has 43 heavy (non-hydrogen) atoms. The van der Waals surface area contributed by atoms with Crippen molar-refractivity contribution in [1.29, 1.82) is 0 Å². The van der Waals surface area contributed by atoms with E-state index in [2.05, 4.69) is 182 Å². The van der Waals surface area contributed by atoms with E-state index in [1.54, 1.807) is 0 Å². The van der Waals surface area contributed by atoms with Gasteiger partial charge in [0, 0.05) is 0 Å². The molecule has 0 aliphatic carbocycles. The average Bonchev–Trinajstić information content (AvgIpc) is 3.36. The fraction of sp³-hybridized carbons (Fsp3) is 0.0732. The summed E-state index contributed by atoms with van der Waals surface area (Å²) >= 11 is 0. The molecule has 6 aromatic carbocycles. The van der Waals surface area contributed by atoms with Gasteiger partial charge in [0.1, 0.15) is 6.61 Å². The van der Waals surface area contributed by atoms with Crippen molar-refractivity contribution < 1.29 is 4.28 Å². The first-order chi connectivity index (χ1) is 21.1. The van der Waals surface area contributed by atoms with Gasteiger partial charge in [-0.2, -0.15) is 0 Å². The van der Waals surface area contributed by atoms with Crippen LogP contribution < -0.4 is 10.9 Å². The van der Waals surface area contributed by atoms with Crippen LogP contribution in [0, 0.1) is 0 Å². The maximum Gasteiger partial charge on any atom is 0.377 e. The third kappa shape index (κ3) is 4.84. The Morgan fingerprint density at radius 2 is 0.698 bits per heavy atom. The lowest BCUT2D eigenvalue weighted by atomic mass is 9.27. The molecule has 0 atom stereocenters. The molecule has 1 heterocycles. The first-order valence-corrected chi connectivity index (χ1v) is 15.1. The molecule has 0 unspecified atom stereocenters. The molecule has 208 valence electrons. The Morgan fingerprint density at radius 1 is 0.395 bits per heavy atom. The highest BCUT2D eigenvalue weighted by atomic mass is 16.6. The lowest BCUT2D eigenvalue weighted by Gasteiger charge is -2.43. The highest BCUT2D eigenvalue weighted by Crippen LogP contribution is 2.40. The van der Waals surface area contributed by atoms with E-state index in [0.29, 0.717) is 0 Å².